The number of guanidine groups is 1. The van der Waals surface area contributed by atoms with Gasteiger partial charge in [-0.15, -0.1) is 10.2 Å². The number of fused-ring (bicyclic) bond motifs is 1. The molecule has 4 rings (SSSR count). The Morgan fingerprint density at radius 2 is 1.93 bits per heavy atom. The van der Waals surface area contributed by atoms with Gasteiger partial charge in [0.05, 0.1) is 6.04 Å². The van der Waals surface area contributed by atoms with Crippen LogP contribution in [0.4, 0.5) is 0 Å². The maximum atomic E-state index is 6.05. The lowest BCUT2D eigenvalue weighted by Gasteiger charge is -2.20. The fourth-order valence-corrected chi connectivity index (χ4v) is 3.41. The molecule has 0 bridgehead atoms. The Kier molecular flexibility index (Phi) is 6.24. The topological polar surface area (TPSA) is 84.4 Å². The fraction of sp³-hybridized carbons (Fsp3) is 0.238. The second-order valence-corrected chi connectivity index (χ2v) is 7.16. The Hall–Kier alpha value is -3.39. The summed E-state index contributed by atoms with van der Waals surface area (Å²) in [6.07, 6.45) is 6.43. The van der Waals surface area contributed by atoms with Crippen LogP contribution in [-0.4, -0.2) is 50.5 Å². The highest BCUT2D eigenvalue weighted by molar-refractivity contribution is 6.30. The average Bonchev–Trinajstić information content (AvgIpc) is 3.44. The predicted molar refractivity (Wildman–Crippen MR) is 118 cm³/mol. The minimum Gasteiger partial charge on any atom is -0.356 e. The lowest BCUT2D eigenvalue weighted by Crippen LogP contribution is -2.41. The third-order valence-corrected chi connectivity index (χ3v) is 5.06. The van der Waals surface area contributed by atoms with Crippen molar-refractivity contribution in [3.05, 3.63) is 83.5 Å². The molecule has 3 heterocycles. The van der Waals surface area contributed by atoms with Gasteiger partial charge in [0, 0.05) is 50.2 Å². The van der Waals surface area contributed by atoms with Crippen LogP contribution < -0.4 is 10.6 Å². The first-order valence-electron chi connectivity index (χ1n) is 9.72. The summed E-state index contributed by atoms with van der Waals surface area (Å²) in [5, 5.41) is 20.3. The lowest BCUT2D eigenvalue weighted by atomic mass is 10.1. The molecule has 9 heteroatoms. The summed E-state index contributed by atoms with van der Waals surface area (Å²) in [4.78, 5) is 4.33. The zero-order valence-corrected chi connectivity index (χ0v) is 17.4. The molecule has 30 heavy (non-hydrogen) atoms. The first-order valence-corrected chi connectivity index (χ1v) is 10.1. The van der Waals surface area contributed by atoms with E-state index < -0.39 is 0 Å². The van der Waals surface area contributed by atoms with E-state index in [9.17, 15) is 0 Å². The highest BCUT2D eigenvalue weighted by Gasteiger charge is 2.15. The number of pyridine rings is 1. The zero-order valence-electron chi connectivity index (χ0n) is 16.6. The Morgan fingerprint density at radius 3 is 2.70 bits per heavy atom. The molecule has 0 aliphatic heterocycles. The van der Waals surface area contributed by atoms with E-state index >= 15 is 0 Å². The quantitative estimate of drug-likeness (QED) is 0.353. The van der Waals surface area contributed by atoms with Crippen LogP contribution in [0.15, 0.2) is 72.1 Å². The van der Waals surface area contributed by atoms with Gasteiger partial charge in [-0.25, -0.2) is 0 Å². The number of halogens is 1. The summed E-state index contributed by atoms with van der Waals surface area (Å²) >= 11 is 6.05. The Labute approximate surface area is 179 Å². The minimum atomic E-state index is 0.0104. The van der Waals surface area contributed by atoms with E-state index in [1.165, 1.54) is 0 Å². The summed E-state index contributed by atoms with van der Waals surface area (Å²) in [7, 11) is 1.76. The molecule has 3 aromatic heterocycles. The van der Waals surface area contributed by atoms with Gasteiger partial charge in [-0.3, -0.25) is 14.1 Å². The molecule has 0 aliphatic carbocycles. The lowest BCUT2D eigenvalue weighted by molar-refractivity contribution is 0.510. The van der Waals surface area contributed by atoms with Crippen LogP contribution in [0.5, 0.6) is 0 Å². The monoisotopic (exact) mass is 422 g/mol. The molecule has 154 valence electrons. The van der Waals surface area contributed by atoms with Crippen molar-refractivity contribution in [2.45, 2.75) is 12.5 Å². The molecule has 1 unspecified atom stereocenters. The molecule has 2 N–H and O–H groups in total. The van der Waals surface area contributed by atoms with Gasteiger partial charge < -0.3 is 10.6 Å². The largest absolute Gasteiger partial charge is 0.356 e. The van der Waals surface area contributed by atoms with E-state index in [2.05, 4.69) is 30.9 Å². The van der Waals surface area contributed by atoms with Gasteiger partial charge in [0.25, 0.3) is 0 Å². The van der Waals surface area contributed by atoms with E-state index in [4.69, 9.17) is 11.6 Å². The second kappa shape index (κ2) is 9.41. The molecule has 4 aromatic rings. The number of hydrogen-bond donors (Lipinski definition) is 2. The molecule has 0 radical (unpaired) electrons. The van der Waals surface area contributed by atoms with Crippen LogP contribution in [0.25, 0.3) is 5.65 Å². The van der Waals surface area contributed by atoms with Crippen LogP contribution in [0.3, 0.4) is 0 Å². The number of aliphatic imine (C=N–C) groups is 1. The standard InChI is InChI=1S/C21H23ClN8/c1-23-21(24-12-10-20-28-27-19-5-2-3-13-29(19)20)25-15-18(30-14-4-11-26-30)16-6-8-17(22)9-7-16/h2-9,11,13-14,18H,10,12,15H2,1H3,(H2,23,24,25). The first kappa shape index (κ1) is 19.9. The molecule has 0 spiro atoms. The summed E-state index contributed by atoms with van der Waals surface area (Å²) in [6, 6.07) is 15.6. The number of aromatic nitrogens is 5. The Morgan fingerprint density at radius 1 is 1.07 bits per heavy atom. The second-order valence-electron chi connectivity index (χ2n) is 6.73. The van der Waals surface area contributed by atoms with Crippen LogP contribution >= 0.6 is 11.6 Å². The van der Waals surface area contributed by atoms with Gasteiger partial charge in [0.2, 0.25) is 0 Å². The molecule has 0 saturated carbocycles. The van der Waals surface area contributed by atoms with Crippen molar-refractivity contribution in [1.29, 1.82) is 0 Å². The maximum Gasteiger partial charge on any atom is 0.191 e. The van der Waals surface area contributed by atoms with Crippen molar-refractivity contribution >= 4 is 23.2 Å². The molecule has 1 aromatic carbocycles. The molecular formula is C21H23ClN8. The highest BCUT2D eigenvalue weighted by atomic mass is 35.5. The Balaban J connectivity index is 1.37. The fourth-order valence-electron chi connectivity index (χ4n) is 3.28. The van der Waals surface area contributed by atoms with Crippen LogP contribution in [-0.2, 0) is 6.42 Å². The molecule has 1 atom stereocenters. The third-order valence-electron chi connectivity index (χ3n) is 4.81. The Bertz CT molecular complexity index is 1100. The van der Waals surface area contributed by atoms with Crippen molar-refractivity contribution < 1.29 is 0 Å². The van der Waals surface area contributed by atoms with Crippen LogP contribution in [0.1, 0.15) is 17.4 Å². The maximum absolute atomic E-state index is 6.05. The summed E-state index contributed by atoms with van der Waals surface area (Å²) in [5.74, 6) is 1.62. The first-order chi connectivity index (χ1) is 14.7. The SMILES string of the molecule is CN=C(NCCc1nnc2ccccn12)NCC(c1ccc(Cl)cc1)n1cccn1. The zero-order chi connectivity index (χ0) is 20.8. The highest BCUT2D eigenvalue weighted by Crippen LogP contribution is 2.19. The molecule has 0 amide bonds. The van der Waals surface area contributed by atoms with Crippen molar-refractivity contribution in [2.24, 2.45) is 4.99 Å². The van der Waals surface area contributed by atoms with E-state index in [0.717, 1.165) is 29.4 Å². The van der Waals surface area contributed by atoms with Crippen LogP contribution in [0.2, 0.25) is 5.02 Å². The normalized spacial score (nSPS) is 12.8. The summed E-state index contributed by atoms with van der Waals surface area (Å²) < 4.78 is 3.91. The summed E-state index contributed by atoms with van der Waals surface area (Å²) in [5.41, 5.74) is 1.96. The van der Waals surface area contributed by atoms with Gasteiger partial charge in [-0.2, -0.15) is 5.10 Å². The predicted octanol–water partition coefficient (Wildman–Crippen LogP) is 2.58. The van der Waals surface area contributed by atoms with Gasteiger partial charge >= 0.3 is 0 Å². The van der Waals surface area contributed by atoms with Crippen molar-refractivity contribution in [3.63, 3.8) is 0 Å². The number of rotatable bonds is 7. The number of nitrogens with one attached hydrogen (secondary N) is 2. The molecule has 8 nitrogen and oxygen atoms in total. The average molecular weight is 423 g/mol. The minimum absolute atomic E-state index is 0.0104. The third kappa shape index (κ3) is 4.60. The molecule has 0 fully saturated rings. The molecule has 0 aliphatic rings. The van der Waals surface area contributed by atoms with Gasteiger partial charge in [0.1, 0.15) is 5.82 Å². The number of benzene rings is 1. The van der Waals surface area contributed by atoms with E-state index in [-0.39, 0.29) is 6.04 Å². The van der Waals surface area contributed by atoms with E-state index in [1.807, 2.05) is 70.0 Å². The van der Waals surface area contributed by atoms with Crippen LogP contribution in [0, 0.1) is 0 Å². The van der Waals surface area contributed by atoms with Crippen molar-refractivity contribution in [1.82, 2.24) is 35.0 Å². The summed E-state index contributed by atoms with van der Waals surface area (Å²) in [6.45, 7) is 1.31. The van der Waals surface area contributed by atoms with E-state index in [0.29, 0.717) is 18.1 Å². The molecule has 0 saturated heterocycles. The van der Waals surface area contributed by atoms with Gasteiger partial charge in [-0.05, 0) is 35.9 Å². The van der Waals surface area contributed by atoms with Gasteiger partial charge in [0.15, 0.2) is 11.6 Å². The number of hydrogen-bond acceptors (Lipinski definition) is 4. The smallest absolute Gasteiger partial charge is 0.191 e. The van der Waals surface area contributed by atoms with Crippen molar-refractivity contribution in [3.8, 4) is 0 Å². The van der Waals surface area contributed by atoms with E-state index in [1.54, 1.807) is 13.2 Å². The van der Waals surface area contributed by atoms with Gasteiger partial charge in [-0.1, -0.05) is 29.8 Å². The molecular weight excluding hydrogens is 400 g/mol. The van der Waals surface area contributed by atoms with Crippen molar-refractivity contribution in [2.75, 3.05) is 20.1 Å². The number of nitrogens with zero attached hydrogens (tertiary/aromatic N) is 6.